The minimum absolute atomic E-state index is 0.251. The van der Waals surface area contributed by atoms with Crippen molar-refractivity contribution in [1.29, 1.82) is 0 Å². The molecule has 92 valence electrons. The fourth-order valence-electron chi connectivity index (χ4n) is 1.88. The van der Waals surface area contributed by atoms with Gasteiger partial charge in [-0.25, -0.2) is 0 Å². The maximum absolute atomic E-state index is 5.52. The first-order valence-electron chi connectivity index (χ1n) is 5.96. The number of nitrogens with one attached hydrogen (secondary N) is 1. The van der Waals surface area contributed by atoms with E-state index in [1.165, 1.54) is 5.56 Å². The Balaban J connectivity index is 2.46. The molecule has 1 rings (SSSR count). The Morgan fingerprint density at radius 2 is 2.06 bits per heavy atom. The predicted octanol–water partition coefficient (Wildman–Crippen LogP) is 2.97. The molecule has 1 heterocycles. The highest BCUT2D eigenvalue weighted by Gasteiger charge is 2.13. The van der Waals surface area contributed by atoms with Gasteiger partial charge in [0.1, 0.15) is 11.5 Å². The number of ether oxygens (including phenoxy) is 1. The van der Waals surface area contributed by atoms with E-state index in [1.807, 2.05) is 20.8 Å². The maximum atomic E-state index is 5.52. The minimum atomic E-state index is 0.251. The van der Waals surface area contributed by atoms with Crippen molar-refractivity contribution in [2.45, 2.75) is 46.8 Å². The van der Waals surface area contributed by atoms with Crippen LogP contribution in [0.4, 0.5) is 0 Å². The SMILES string of the molecule is CCOC(C)CNC(C)c1cc(C)oc1C. The first kappa shape index (κ1) is 13.3. The van der Waals surface area contributed by atoms with Gasteiger partial charge in [0, 0.05) is 24.8 Å². The van der Waals surface area contributed by atoms with Crippen LogP contribution in [-0.2, 0) is 4.74 Å². The molecule has 2 unspecified atom stereocenters. The molecule has 0 saturated heterocycles. The molecule has 1 N–H and O–H groups in total. The zero-order valence-corrected chi connectivity index (χ0v) is 11.0. The zero-order chi connectivity index (χ0) is 12.1. The summed E-state index contributed by atoms with van der Waals surface area (Å²) in [6.07, 6.45) is 0.251. The molecule has 0 bridgehead atoms. The van der Waals surface area contributed by atoms with Gasteiger partial charge in [0.15, 0.2) is 0 Å². The lowest BCUT2D eigenvalue weighted by Crippen LogP contribution is -2.29. The molecule has 0 aliphatic rings. The summed E-state index contributed by atoms with van der Waals surface area (Å²) in [6.45, 7) is 11.9. The predicted molar refractivity (Wildman–Crippen MR) is 65.7 cm³/mol. The van der Waals surface area contributed by atoms with Crippen molar-refractivity contribution in [3.63, 3.8) is 0 Å². The van der Waals surface area contributed by atoms with Crippen LogP contribution in [0, 0.1) is 13.8 Å². The van der Waals surface area contributed by atoms with Crippen LogP contribution < -0.4 is 5.32 Å². The molecule has 3 nitrogen and oxygen atoms in total. The van der Waals surface area contributed by atoms with Crippen LogP contribution in [0.1, 0.15) is 43.9 Å². The van der Waals surface area contributed by atoms with Crippen LogP contribution in [-0.4, -0.2) is 19.3 Å². The molecule has 0 aliphatic carbocycles. The van der Waals surface area contributed by atoms with E-state index in [9.17, 15) is 0 Å². The van der Waals surface area contributed by atoms with E-state index >= 15 is 0 Å². The van der Waals surface area contributed by atoms with Crippen LogP contribution >= 0.6 is 0 Å². The van der Waals surface area contributed by atoms with E-state index in [0.717, 1.165) is 24.7 Å². The Hall–Kier alpha value is -0.800. The fourth-order valence-corrected chi connectivity index (χ4v) is 1.88. The highest BCUT2D eigenvalue weighted by Crippen LogP contribution is 2.20. The minimum Gasteiger partial charge on any atom is -0.466 e. The van der Waals surface area contributed by atoms with Crippen LogP contribution in [0.5, 0.6) is 0 Å². The lowest BCUT2D eigenvalue weighted by Gasteiger charge is -2.17. The Kier molecular flexibility index (Phi) is 5.03. The van der Waals surface area contributed by atoms with Crippen molar-refractivity contribution in [3.8, 4) is 0 Å². The monoisotopic (exact) mass is 225 g/mol. The van der Waals surface area contributed by atoms with E-state index in [0.29, 0.717) is 6.04 Å². The van der Waals surface area contributed by atoms with Crippen molar-refractivity contribution in [2.24, 2.45) is 0 Å². The molecular weight excluding hydrogens is 202 g/mol. The molecule has 0 fully saturated rings. The fraction of sp³-hybridized carbons (Fsp3) is 0.692. The third-order valence-electron chi connectivity index (χ3n) is 2.71. The Labute approximate surface area is 98.2 Å². The molecule has 0 amide bonds. The third-order valence-corrected chi connectivity index (χ3v) is 2.71. The highest BCUT2D eigenvalue weighted by atomic mass is 16.5. The summed E-state index contributed by atoms with van der Waals surface area (Å²) in [7, 11) is 0. The average Bonchev–Trinajstić information content (AvgIpc) is 2.55. The number of rotatable bonds is 6. The second kappa shape index (κ2) is 6.06. The first-order chi connectivity index (χ1) is 7.54. The second-order valence-corrected chi connectivity index (χ2v) is 4.26. The summed E-state index contributed by atoms with van der Waals surface area (Å²) in [5.74, 6) is 1.97. The molecule has 0 radical (unpaired) electrons. The van der Waals surface area contributed by atoms with Gasteiger partial charge >= 0.3 is 0 Å². The Morgan fingerprint density at radius 3 is 2.56 bits per heavy atom. The zero-order valence-electron chi connectivity index (χ0n) is 11.0. The molecule has 16 heavy (non-hydrogen) atoms. The Bertz CT molecular complexity index is 320. The maximum Gasteiger partial charge on any atom is 0.105 e. The van der Waals surface area contributed by atoms with E-state index in [-0.39, 0.29) is 6.10 Å². The summed E-state index contributed by atoms with van der Waals surface area (Å²) < 4.78 is 11.0. The highest BCUT2D eigenvalue weighted by molar-refractivity contribution is 5.23. The van der Waals surface area contributed by atoms with Crippen molar-refractivity contribution < 1.29 is 9.15 Å². The summed E-state index contributed by atoms with van der Waals surface area (Å²) in [5.41, 5.74) is 1.24. The van der Waals surface area contributed by atoms with Gasteiger partial charge < -0.3 is 14.5 Å². The third kappa shape index (κ3) is 3.65. The van der Waals surface area contributed by atoms with Crippen molar-refractivity contribution in [2.75, 3.05) is 13.2 Å². The van der Waals surface area contributed by atoms with Crippen molar-refractivity contribution >= 4 is 0 Å². The second-order valence-electron chi connectivity index (χ2n) is 4.26. The van der Waals surface area contributed by atoms with E-state index in [4.69, 9.17) is 9.15 Å². The summed E-state index contributed by atoms with van der Waals surface area (Å²) in [6, 6.07) is 2.40. The number of furan rings is 1. The quantitative estimate of drug-likeness (QED) is 0.808. The summed E-state index contributed by atoms with van der Waals surface area (Å²) >= 11 is 0. The Morgan fingerprint density at radius 1 is 1.38 bits per heavy atom. The molecule has 0 saturated carbocycles. The van der Waals surface area contributed by atoms with Crippen LogP contribution in [0.25, 0.3) is 0 Å². The number of aryl methyl sites for hydroxylation is 2. The van der Waals surface area contributed by atoms with Crippen LogP contribution in [0.3, 0.4) is 0 Å². The van der Waals surface area contributed by atoms with Gasteiger partial charge in [-0.05, 0) is 40.7 Å². The van der Waals surface area contributed by atoms with Crippen LogP contribution in [0.15, 0.2) is 10.5 Å². The van der Waals surface area contributed by atoms with Gasteiger partial charge in [0.2, 0.25) is 0 Å². The van der Waals surface area contributed by atoms with E-state index in [1.54, 1.807) is 0 Å². The van der Waals surface area contributed by atoms with Gasteiger partial charge in [-0.1, -0.05) is 0 Å². The van der Waals surface area contributed by atoms with Crippen LogP contribution in [0.2, 0.25) is 0 Å². The normalized spacial score (nSPS) is 15.1. The summed E-state index contributed by atoms with van der Waals surface area (Å²) in [4.78, 5) is 0. The first-order valence-corrected chi connectivity index (χ1v) is 5.96. The molecule has 0 spiro atoms. The summed E-state index contributed by atoms with van der Waals surface area (Å²) in [5, 5.41) is 3.45. The molecule has 1 aromatic rings. The molecular formula is C13H23NO2. The number of hydrogen-bond acceptors (Lipinski definition) is 3. The van der Waals surface area contributed by atoms with Gasteiger partial charge in [0.05, 0.1) is 6.10 Å². The van der Waals surface area contributed by atoms with Crippen molar-refractivity contribution in [3.05, 3.63) is 23.2 Å². The lowest BCUT2D eigenvalue weighted by atomic mass is 10.1. The lowest BCUT2D eigenvalue weighted by molar-refractivity contribution is 0.0743. The number of hydrogen-bond donors (Lipinski definition) is 1. The molecule has 3 heteroatoms. The van der Waals surface area contributed by atoms with E-state index in [2.05, 4.69) is 25.2 Å². The van der Waals surface area contributed by atoms with Gasteiger partial charge in [0.25, 0.3) is 0 Å². The molecule has 2 atom stereocenters. The van der Waals surface area contributed by atoms with Gasteiger partial charge in [-0.15, -0.1) is 0 Å². The average molecular weight is 225 g/mol. The van der Waals surface area contributed by atoms with Gasteiger partial charge in [-0.3, -0.25) is 0 Å². The molecule has 0 aromatic carbocycles. The van der Waals surface area contributed by atoms with E-state index < -0.39 is 0 Å². The topological polar surface area (TPSA) is 34.4 Å². The largest absolute Gasteiger partial charge is 0.466 e. The van der Waals surface area contributed by atoms with Crippen molar-refractivity contribution in [1.82, 2.24) is 5.32 Å². The standard InChI is InChI=1S/C13H23NO2/c1-6-15-10(3)8-14-11(4)13-7-9(2)16-12(13)5/h7,10-11,14H,6,8H2,1-5H3. The van der Waals surface area contributed by atoms with Gasteiger partial charge in [-0.2, -0.15) is 0 Å². The molecule has 0 aliphatic heterocycles. The smallest absolute Gasteiger partial charge is 0.105 e. The molecule has 1 aromatic heterocycles.